The van der Waals surface area contributed by atoms with Gasteiger partial charge < -0.3 is 5.11 Å². The maximum absolute atomic E-state index is 11.0. The molecule has 1 aliphatic rings. The summed E-state index contributed by atoms with van der Waals surface area (Å²) in [6.07, 6.45) is 0. The van der Waals surface area contributed by atoms with Gasteiger partial charge in [-0.1, -0.05) is 25.6 Å². The molecule has 0 radical (unpaired) electrons. The molecule has 6 nitrogen and oxygen atoms in total. The molecule has 86 valence electrons. The first kappa shape index (κ1) is 11.1. The minimum absolute atomic E-state index is 0.208. The minimum Gasteiger partial charge on any atom is -0.480 e. The third-order valence-electron chi connectivity index (χ3n) is 2.24. The van der Waals surface area contributed by atoms with Crippen LogP contribution in [0, 0.1) is 0 Å². The molecule has 1 aliphatic heterocycles. The molecule has 2 rings (SSSR count). The fraction of sp³-hybridized carbons (Fsp3) is 0.556. The van der Waals surface area contributed by atoms with Crippen molar-refractivity contribution in [1.82, 2.24) is 14.9 Å². The van der Waals surface area contributed by atoms with Crippen molar-refractivity contribution in [2.45, 2.75) is 37.1 Å². The second-order valence-corrected chi connectivity index (χ2v) is 4.96. The van der Waals surface area contributed by atoms with Gasteiger partial charge in [0, 0.05) is 5.92 Å². The van der Waals surface area contributed by atoms with Crippen molar-refractivity contribution in [3.05, 3.63) is 5.82 Å². The van der Waals surface area contributed by atoms with Crippen LogP contribution in [-0.2, 0) is 4.79 Å². The number of aromatic nitrogens is 3. The monoisotopic (exact) mass is 240 g/mol. The summed E-state index contributed by atoms with van der Waals surface area (Å²) in [5.41, 5.74) is 0.562. The Morgan fingerprint density at radius 3 is 2.75 bits per heavy atom. The van der Waals surface area contributed by atoms with Gasteiger partial charge in [-0.3, -0.25) is 4.79 Å². The SMILES string of the molecule is CC1=Nn2c(nnc2C(C)C)SC1C(=O)O. The maximum atomic E-state index is 11.0. The molecule has 0 spiro atoms. The lowest BCUT2D eigenvalue weighted by Gasteiger charge is -2.17. The lowest BCUT2D eigenvalue weighted by atomic mass is 10.2. The zero-order valence-corrected chi connectivity index (χ0v) is 10.0. The van der Waals surface area contributed by atoms with E-state index in [4.69, 9.17) is 5.11 Å². The first-order valence-corrected chi connectivity index (χ1v) is 5.79. The first-order valence-electron chi connectivity index (χ1n) is 4.91. The number of thioether (sulfide) groups is 1. The van der Waals surface area contributed by atoms with Gasteiger partial charge in [0.25, 0.3) is 0 Å². The number of rotatable bonds is 2. The van der Waals surface area contributed by atoms with Gasteiger partial charge in [-0.15, -0.1) is 10.2 Å². The van der Waals surface area contributed by atoms with Crippen LogP contribution in [0.3, 0.4) is 0 Å². The lowest BCUT2D eigenvalue weighted by molar-refractivity contribution is -0.135. The number of nitrogens with zero attached hydrogens (tertiary/aromatic N) is 4. The number of hydrogen-bond donors (Lipinski definition) is 1. The third-order valence-corrected chi connectivity index (χ3v) is 3.48. The van der Waals surface area contributed by atoms with Crippen molar-refractivity contribution in [1.29, 1.82) is 0 Å². The highest BCUT2D eigenvalue weighted by molar-refractivity contribution is 8.01. The number of carbonyl (C=O) groups is 1. The van der Waals surface area contributed by atoms with Gasteiger partial charge in [-0.25, -0.2) is 0 Å². The van der Waals surface area contributed by atoms with E-state index in [0.29, 0.717) is 10.9 Å². The van der Waals surface area contributed by atoms with Gasteiger partial charge in [0.1, 0.15) is 5.25 Å². The van der Waals surface area contributed by atoms with E-state index in [1.165, 1.54) is 11.8 Å². The molecule has 1 N–H and O–H groups in total. The van der Waals surface area contributed by atoms with Crippen molar-refractivity contribution >= 4 is 23.4 Å². The maximum Gasteiger partial charge on any atom is 0.322 e. The van der Waals surface area contributed by atoms with Crippen LogP contribution < -0.4 is 0 Å². The Hall–Kier alpha value is -1.37. The summed E-state index contributed by atoms with van der Waals surface area (Å²) < 4.78 is 1.63. The van der Waals surface area contributed by atoms with Crippen LogP contribution in [0.2, 0.25) is 0 Å². The Bertz CT molecular complexity index is 466. The topological polar surface area (TPSA) is 80.4 Å². The zero-order chi connectivity index (χ0) is 11.9. The predicted octanol–water partition coefficient (Wildman–Crippen LogP) is 1.18. The van der Waals surface area contributed by atoms with E-state index in [1.807, 2.05) is 13.8 Å². The molecule has 7 heteroatoms. The van der Waals surface area contributed by atoms with Gasteiger partial charge in [0.05, 0.1) is 5.71 Å². The molecule has 1 aromatic rings. The lowest BCUT2D eigenvalue weighted by Crippen LogP contribution is -2.29. The van der Waals surface area contributed by atoms with Crippen LogP contribution in [0.15, 0.2) is 10.3 Å². The zero-order valence-electron chi connectivity index (χ0n) is 9.21. The Morgan fingerprint density at radius 1 is 1.50 bits per heavy atom. The van der Waals surface area contributed by atoms with Crippen molar-refractivity contribution in [2.75, 3.05) is 0 Å². The summed E-state index contributed by atoms with van der Waals surface area (Å²) in [7, 11) is 0. The molecule has 0 saturated carbocycles. The number of carboxylic acids is 1. The standard InChI is InChI=1S/C9H12N4O2S/c1-4(2)7-10-11-9-13(7)12-5(3)6(16-9)8(14)15/h4,6H,1-3H3,(H,14,15). The Balaban J connectivity index is 2.43. The average Bonchev–Trinajstić information content (AvgIpc) is 2.58. The number of carboxylic acid groups (broad SMARTS) is 1. The van der Waals surface area contributed by atoms with Crippen molar-refractivity contribution < 1.29 is 9.90 Å². The largest absolute Gasteiger partial charge is 0.480 e. The van der Waals surface area contributed by atoms with Crippen LogP contribution in [0.4, 0.5) is 0 Å². The van der Waals surface area contributed by atoms with Crippen LogP contribution >= 0.6 is 11.8 Å². The smallest absolute Gasteiger partial charge is 0.322 e. The second-order valence-electron chi connectivity index (χ2n) is 3.88. The number of fused-ring (bicyclic) bond motifs is 1. The fourth-order valence-corrected chi connectivity index (χ4v) is 2.29. The van der Waals surface area contributed by atoms with Crippen LogP contribution in [-0.4, -0.2) is 36.9 Å². The molecule has 0 amide bonds. The quantitative estimate of drug-likeness (QED) is 0.839. The molecule has 1 atom stereocenters. The van der Waals surface area contributed by atoms with E-state index in [-0.39, 0.29) is 5.92 Å². The minimum atomic E-state index is -0.897. The van der Waals surface area contributed by atoms with E-state index in [2.05, 4.69) is 15.3 Å². The molecule has 0 saturated heterocycles. The molecule has 0 aromatic carbocycles. The summed E-state index contributed by atoms with van der Waals surface area (Å²) in [6, 6.07) is 0. The first-order chi connectivity index (χ1) is 7.50. The summed E-state index contributed by atoms with van der Waals surface area (Å²) in [5.74, 6) is 0.0667. The summed E-state index contributed by atoms with van der Waals surface area (Å²) in [6.45, 7) is 5.70. The van der Waals surface area contributed by atoms with Gasteiger partial charge in [0.2, 0.25) is 5.16 Å². The highest BCUT2D eigenvalue weighted by atomic mass is 32.2. The molecular weight excluding hydrogens is 228 g/mol. The molecule has 2 heterocycles. The van der Waals surface area contributed by atoms with Gasteiger partial charge in [-0.05, 0) is 6.92 Å². The van der Waals surface area contributed by atoms with E-state index < -0.39 is 11.2 Å². The molecule has 0 bridgehead atoms. The molecule has 1 aromatic heterocycles. The normalized spacial score (nSPS) is 19.5. The van der Waals surface area contributed by atoms with Crippen LogP contribution in [0.25, 0.3) is 0 Å². The number of aliphatic carboxylic acids is 1. The van der Waals surface area contributed by atoms with Gasteiger partial charge in [-0.2, -0.15) is 9.78 Å². The summed E-state index contributed by atoms with van der Waals surface area (Å²) in [4.78, 5) is 11.0. The summed E-state index contributed by atoms with van der Waals surface area (Å²) in [5, 5.41) is 21.1. The Morgan fingerprint density at radius 2 is 2.19 bits per heavy atom. The summed E-state index contributed by atoms with van der Waals surface area (Å²) >= 11 is 1.17. The molecule has 1 unspecified atom stereocenters. The average molecular weight is 240 g/mol. The van der Waals surface area contributed by atoms with Gasteiger partial charge in [0.15, 0.2) is 5.82 Å². The number of hydrogen-bond acceptors (Lipinski definition) is 5. The highest BCUT2D eigenvalue weighted by Gasteiger charge is 2.30. The third kappa shape index (κ3) is 1.71. The Labute approximate surface area is 96.8 Å². The molecule has 0 aliphatic carbocycles. The Kier molecular flexibility index (Phi) is 2.71. The van der Waals surface area contributed by atoms with E-state index in [0.717, 1.165) is 5.82 Å². The van der Waals surface area contributed by atoms with Crippen molar-refractivity contribution in [3.8, 4) is 0 Å². The van der Waals surface area contributed by atoms with E-state index in [1.54, 1.807) is 11.6 Å². The van der Waals surface area contributed by atoms with E-state index in [9.17, 15) is 4.79 Å². The van der Waals surface area contributed by atoms with Gasteiger partial charge >= 0.3 is 5.97 Å². The molecule has 0 fully saturated rings. The highest BCUT2D eigenvalue weighted by Crippen LogP contribution is 2.29. The predicted molar refractivity (Wildman–Crippen MR) is 59.9 cm³/mol. The second kappa shape index (κ2) is 3.89. The van der Waals surface area contributed by atoms with Crippen LogP contribution in [0.1, 0.15) is 32.5 Å². The molecule has 16 heavy (non-hydrogen) atoms. The van der Waals surface area contributed by atoms with E-state index >= 15 is 0 Å². The molecular formula is C9H12N4O2S. The van der Waals surface area contributed by atoms with Crippen molar-refractivity contribution in [2.24, 2.45) is 5.10 Å². The van der Waals surface area contributed by atoms with Crippen molar-refractivity contribution in [3.63, 3.8) is 0 Å². The van der Waals surface area contributed by atoms with Crippen LogP contribution in [0.5, 0.6) is 0 Å². The fourth-order valence-electron chi connectivity index (χ4n) is 1.43.